The molecule has 1 unspecified atom stereocenters. The number of ether oxygens (including phenoxy) is 2. The lowest BCUT2D eigenvalue weighted by Crippen LogP contribution is -2.25. The Morgan fingerprint density at radius 1 is 1.24 bits per heavy atom. The number of benzene rings is 1. The van der Waals surface area contributed by atoms with Crippen molar-refractivity contribution in [3.8, 4) is 5.75 Å². The van der Waals surface area contributed by atoms with Crippen LogP contribution in [0.4, 0.5) is 5.82 Å². The van der Waals surface area contributed by atoms with Crippen molar-refractivity contribution in [1.82, 2.24) is 34.8 Å². The minimum absolute atomic E-state index is 0.130. The highest BCUT2D eigenvalue weighted by atomic mass is 31.2. The van der Waals surface area contributed by atoms with Crippen LogP contribution in [0.25, 0.3) is 11.2 Å². The van der Waals surface area contributed by atoms with Gasteiger partial charge in [-0.3, -0.25) is 9.66 Å². The average Bonchev–Trinajstić information content (AvgIpc) is 3.49. The molecule has 13 heteroatoms. The lowest BCUT2D eigenvalue weighted by Gasteiger charge is -2.23. The van der Waals surface area contributed by atoms with Crippen molar-refractivity contribution in [3.05, 3.63) is 60.9 Å². The number of H-pyrrole nitrogens is 1. The third kappa shape index (κ3) is 6.39. The van der Waals surface area contributed by atoms with E-state index in [1.54, 1.807) is 30.9 Å². The second-order valence-electron chi connectivity index (χ2n) is 7.58. The molecule has 0 fully saturated rings. The molecule has 4 aromatic rings. The number of aromatic nitrogens is 6. The zero-order valence-electron chi connectivity index (χ0n) is 18.7. The Hall–Kier alpha value is -3.31. The first-order chi connectivity index (χ1) is 16.5. The van der Waals surface area contributed by atoms with Crippen LogP contribution in [-0.4, -0.2) is 55.3 Å². The fraction of sp³-hybridized carbons (Fsp3) is 0.333. The summed E-state index contributed by atoms with van der Waals surface area (Å²) in [6, 6.07) is 8.98. The molecule has 0 aliphatic carbocycles. The molecule has 4 rings (SSSR count). The van der Waals surface area contributed by atoms with Crippen LogP contribution in [0.15, 0.2) is 55.4 Å². The molecule has 3 heterocycles. The summed E-state index contributed by atoms with van der Waals surface area (Å²) in [5.41, 5.74) is 7.92. The van der Waals surface area contributed by atoms with Crippen LogP contribution in [-0.2, 0) is 27.2 Å². The highest BCUT2D eigenvalue weighted by Crippen LogP contribution is 2.43. The number of nitrogens with one attached hydrogen (secondary N) is 2. The molecule has 0 aliphatic heterocycles. The second kappa shape index (κ2) is 11.2. The average molecular weight is 486 g/mol. The molecule has 0 aliphatic rings. The number of nitrogens with zero attached hydrogens (tertiary/aromatic N) is 5. The van der Waals surface area contributed by atoms with Gasteiger partial charge in [-0.2, -0.15) is 5.10 Å². The highest BCUT2D eigenvalue weighted by Gasteiger charge is 2.26. The normalized spacial score (nSPS) is 14.1. The Labute approximate surface area is 196 Å². The standard InChI is InChI=1S/C21H27N8O4P/c1-16(11-29-14-25-19-20(22)23-13-24-21(19)29)32-15-34(30,33-18-5-3-2-4-6-18)28-7-8-31-12-17-9-26-27-10-17/h2-6,9-10,13-14,16H,7-8,11-12,15H2,1H3,(H,26,27)(H,28,30)(H2,22,23,24)/t16-,34?/m1/s1. The molecule has 0 bridgehead atoms. The first-order valence-electron chi connectivity index (χ1n) is 10.7. The van der Waals surface area contributed by atoms with Crippen molar-refractivity contribution < 1.29 is 18.6 Å². The Balaban J connectivity index is 1.33. The second-order valence-corrected chi connectivity index (χ2v) is 9.68. The molecule has 0 amide bonds. The maximum absolute atomic E-state index is 13.6. The highest BCUT2D eigenvalue weighted by molar-refractivity contribution is 7.57. The third-order valence-corrected chi connectivity index (χ3v) is 6.53. The van der Waals surface area contributed by atoms with Gasteiger partial charge in [0, 0.05) is 18.3 Å². The lowest BCUT2D eigenvalue weighted by atomic mass is 10.3. The van der Waals surface area contributed by atoms with E-state index in [0.717, 1.165) is 5.56 Å². The van der Waals surface area contributed by atoms with Crippen LogP contribution in [0.2, 0.25) is 0 Å². The Bertz CT molecular complexity index is 1220. The smallest absolute Gasteiger partial charge is 0.342 e. The lowest BCUT2D eigenvalue weighted by molar-refractivity contribution is 0.0815. The Morgan fingerprint density at radius 2 is 2.09 bits per heavy atom. The summed E-state index contributed by atoms with van der Waals surface area (Å²) in [4.78, 5) is 12.4. The van der Waals surface area contributed by atoms with Crippen molar-refractivity contribution in [2.45, 2.75) is 26.2 Å². The molecule has 1 aromatic carbocycles. The maximum atomic E-state index is 13.6. The predicted molar refractivity (Wildman–Crippen MR) is 126 cm³/mol. The summed E-state index contributed by atoms with van der Waals surface area (Å²) in [7, 11) is -3.38. The van der Waals surface area contributed by atoms with Gasteiger partial charge >= 0.3 is 7.52 Å². The number of anilines is 1. The number of nitrogen functional groups attached to an aromatic ring is 1. The van der Waals surface area contributed by atoms with Gasteiger partial charge in [0.05, 0.1) is 38.4 Å². The molecule has 0 radical (unpaired) electrons. The Morgan fingerprint density at radius 3 is 2.88 bits per heavy atom. The van der Waals surface area contributed by atoms with Crippen LogP contribution < -0.4 is 15.3 Å². The summed E-state index contributed by atoms with van der Waals surface area (Å²) in [5.74, 6) is 0.805. The van der Waals surface area contributed by atoms with Gasteiger partial charge in [-0.1, -0.05) is 18.2 Å². The van der Waals surface area contributed by atoms with E-state index < -0.39 is 7.52 Å². The number of fused-ring (bicyclic) bond motifs is 1. The van der Waals surface area contributed by atoms with Crippen LogP contribution in [0, 0.1) is 0 Å². The quantitative estimate of drug-likeness (QED) is 0.190. The monoisotopic (exact) mass is 486 g/mol. The largest absolute Gasteiger partial charge is 0.431 e. The number of para-hydroxylation sites is 1. The number of hydrogen-bond acceptors (Lipinski definition) is 9. The van der Waals surface area contributed by atoms with Gasteiger partial charge in [-0.25, -0.2) is 20.0 Å². The van der Waals surface area contributed by atoms with Gasteiger partial charge in [0.25, 0.3) is 0 Å². The fourth-order valence-corrected chi connectivity index (χ4v) is 4.73. The first-order valence-corrected chi connectivity index (χ1v) is 12.5. The van der Waals surface area contributed by atoms with E-state index in [-0.39, 0.29) is 12.5 Å². The SMILES string of the molecule is C[C@H](Cn1cnc2c(N)ncnc21)OCP(=O)(NCCOCc1cn[nH]c1)Oc1ccccc1. The molecule has 12 nitrogen and oxygen atoms in total. The van der Waals surface area contributed by atoms with E-state index in [2.05, 4.69) is 30.2 Å². The van der Waals surface area contributed by atoms with Gasteiger partial charge in [-0.15, -0.1) is 0 Å². The number of hydrogen-bond donors (Lipinski definition) is 3. The van der Waals surface area contributed by atoms with E-state index in [9.17, 15) is 4.57 Å². The number of aromatic amines is 1. The summed E-state index contributed by atoms with van der Waals surface area (Å²) in [5, 5.41) is 9.59. The zero-order valence-corrected chi connectivity index (χ0v) is 19.6. The topological polar surface area (TPSA) is 155 Å². The Kier molecular flexibility index (Phi) is 7.86. The van der Waals surface area contributed by atoms with Crippen molar-refractivity contribution >= 4 is 24.5 Å². The molecular weight excluding hydrogens is 459 g/mol. The van der Waals surface area contributed by atoms with Crippen LogP contribution in [0.1, 0.15) is 12.5 Å². The van der Waals surface area contributed by atoms with Gasteiger partial charge in [0.2, 0.25) is 0 Å². The molecule has 180 valence electrons. The zero-order chi connectivity index (χ0) is 23.8. The van der Waals surface area contributed by atoms with Crippen LogP contribution in [0.5, 0.6) is 5.75 Å². The maximum Gasteiger partial charge on any atom is 0.342 e. The predicted octanol–water partition coefficient (Wildman–Crippen LogP) is 2.57. The van der Waals surface area contributed by atoms with Crippen LogP contribution in [0.3, 0.4) is 0 Å². The summed E-state index contributed by atoms with van der Waals surface area (Å²) >= 11 is 0. The van der Waals surface area contributed by atoms with E-state index in [4.69, 9.17) is 19.7 Å². The molecular formula is C21H27N8O4P. The molecule has 3 aromatic heterocycles. The summed E-state index contributed by atoms with van der Waals surface area (Å²) < 4.78 is 32.7. The first kappa shape index (κ1) is 23.8. The van der Waals surface area contributed by atoms with Gasteiger partial charge in [-0.05, 0) is 19.1 Å². The fourth-order valence-electron chi connectivity index (χ4n) is 3.18. The third-order valence-electron chi connectivity index (χ3n) is 4.83. The van der Waals surface area contributed by atoms with E-state index in [1.165, 1.54) is 6.33 Å². The van der Waals surface area contributed by atoms with Crippen molar-refractivity contribution in [1.29, 1.82) is 0 Å². The minimum atomic E-state index is -3.38. The molecule has 2 atom stereocenters. The number of nitrogens with two attached hydrogens (primary N) is 1. The molecule has 34 heavy (non-hydrogen) atoms. The molecule has 0 saturated carbocycles. The number of rotatable bonds is 13. The molecule has 4 N–H and O–H groups in total. The summed E-state index contributed by atoms with van der Waals surface area (Å²) in [6.07, 6.45) is 6.04. The van der Waals surface area contributed by atoms with E-state index >= 15 is 0 Å². The van der Waals surface area contributed by atoms with Gasteiger partial charge < -0.3 is 24.3 Å². The van der Waals surface area contributed by atoms with E-state index in [1.807, 2.05) is 29.7 Å². The molecule has 0 saturated heterocycles. The molecule has 0 spiro atoms. The van der Waals surface area contributed by atoms with Crippen molar-refractivity contribution in [2.24, 2.45) is 0 Å². The summed E-state index contributed by atoms with van der Waals surface area (Å²) in [6.45, 7) is 3.37. The minimum Gasteiger partial charge on any atom is -0.431 e. The van der Waals surface area contributed by atoms with Gasteiger partial charge in [0.15, 0.2) is 11.5 Å². The van der Waals surface area contributed by atoms with Gasteiger partial charge in [0.1, 0.15) is 23.9 Å². The number of imidazole rings is 1. The van der Waals surface area contributed by atoms with Crippen molar-refractivity contribution in [3.63, 3.8) is 0 Å². The van der Waals surface area contributed by atoms with E-state index in [0.29, 0.717) is 49.0 Å². The van der Waals surface area contributed by atoms with Crippen molar-refractivity contribution in [2.75, 3.05) is 25.2 Å². The van der Waals surface area contributed by atoms with Crippen LogP contribution >= 0.6 is 7.52 Å².